The van der Waals surface area contributed by atoms with Crippen LogP contribution in [0.4, 0.5) is 5.88 Å². The van der Waals surface area contributed by atoms with Crippen molar-refractivity contribution in [3.05, 3.63) is 17.9 Å². The van der Waals surface area contributed by atoms with Crippen molar-refractivity contribution < 1.29 is 9.52 Å². The van der Waals surface area contributed by atoms with Gasteiger partial charge in [-0.2, -0.15) is 0 Å². The fourth-order valence-corrected chi connectivity index (χ4v) is 1.12. The summed E-state index contributed by atoms with van der Waals surface area (Å²) in [6.07, 6.45) is 0. The molecule has 0 spiro atoms. The highest BCUT2D eigenvalue weighted by Gasteiger charge is 2.12. The fourth-order valence-electron chi connectivity index (χ4n) is 1.12. The van der Waals surface area contributed by atoms with Gasteiger partial charge in [0.05, 0.1) is 12.6 Å². The predicted molar refractivity (Wildman–Crippen MR) is 52.8 cm³/mol. The van der Waals surface area contributed by atoms with Crippen molar-refractivity contribution >= 4 is 5.88 Å². The zero-order valence-corrected chi connectivity index (χ0v) is 8.37. The lowest BCUT2D eigenvalue weighted by atomic mass is 10.1. The first kappa shape index (κ1) is 10.1. The smallest absolute Gasteiger partial charge is 0.193 e. The molecule has 0 aliphatic heterocycles. The molecular formula is C10H17NO2. The lowest BCUT2D eigenvalue weighted by molar-refractivity contribution is 0.247. The molecule has 1 atom stereocenters. The SMILES string of the molecule is Cc1ccc(NC(CO)C(C)C)o1. The highest BCUT2D eigenvalue weighted by molar-refractivity contribution is 5.33. The minimum absolute atomic E-state index is 0.0607. The van der Waals surface area contributed by atoms with E-state index in [4.69, 9.17) is 9.52 Å². The topological polar surface area (TPSA) is 45.4 Å². The molecule has 0 saturated carbocycles. The molecule has 0 aromatic carbocycles. The second kappa shape index (κ2) is 4.33. The van der Waals surface area contributed by atoms with E-state index >= 15 is 0 Å². The maximum absolute atomic E-state index is 9.06. The lowest BCUT2D eigenvalue weighted by Crippen LogP contribution is -2.29. The van der Waals surface area contributed by atoms with Gasteiger partial charge < -0.3 is 14.8 Å². The van der Waals surface area contributed by atoms with Crippen molar-refractivity contribution in [3.8, 4) is 0 Å². The molecule has 1 aromatic heterocycles. The monoisotopic (exact) mass is 183 g/mol. The van der Waals surface area contributed by atoms with E-state index in [2.05, 4.69) is 19.2 Å². The molecule has 0 amide bonds. The lowest BCUT2D eigenvalue weighted by Gasteiger charge is -2.19. The molecule has 0 saturated heterocycles. The van der Waals surface area contributed by atoms with Crippen LogP contribution >= 0.6 is 0 Å². The van der Waals surface area contributed by atoms with Crippen LogP contribution in [0.3, 0.4) is 0 Å². The number of aliphatic hydroxyl groups excluding tert-OH is 1. The van der Waals surface area contributed by atoms with Crippen LogP contribution < -0.4 is 5.32 Å². The van der Waals surface area contributed by atoms with E-state index in [0.29, 0.717) is 5.92 Å². The second-order valence-electron chi connectivity index (χ2n) is 3.59. The Balaban J connectivity index is 2.56. The molecule has 3 nitrogen and oxygen atoms in total. The molecule has 0 aliphatic carbocycles. The Bertz CT molecular complexity index is 255. The van der Waals surface area contributed by atoms with E-state index in [1.807, 2.05) is 19.1 Å². The summed E-state index contributed by atoms with van der Waals surface area (Å²) in [6, 6.07) is 3.84. The number of nitrogens with one attached hydrogen (secondary N) is 1. The van der Waals surface area contributed by atoms with E-state index < -0.39 is 0 Å². The first-order valence-electron chi connectivity index (χ1n) is 4.57. The Morgan fingerprint density at radius 1 is 1.46 bits per heavy atom. The number of rotatable bonds is 4. The standard InChI is InChI=1S/C10H17NO2/c1-7(2)9(6-12)11-10-5-4-8(3)13-10/h4-5,7,9,11-12H,6H2,1-3H3. The average Bonchev–Trinajstić information content (AvgIpc) is 2.46. The summed E-state index contributed by atoms with van der Waals surface area (Å²) < 4.78 is 5.34. The van der Waals surface area contributed by atoms with Gasteiger partial charge >= 0.3 is 0 Å². The first-order chi connectivity index (χ1) is 6.13. The molecule has 1 aromatic rings. The van der Waals surface area contributed by atoms with Crippen molar-refractivity contribution in [3.63, 3.8) is 0 Å². The number of furan rings is 1. The third-order valence-electron chi connectivity index (χ3n) is 2.07. The van der Waals surface area contributed by atoms with Crippen LogP contribution in [0.2, 0.25) is 0 Å². The van der Waals surface area contributed by atoms with Crippen LogP contribution in [0.5, 0.6) is 0 Å². The Labute approximate surface area is 78.8 Å². The average molecular weight is 183 g/mol. The van der Waals surface area contributed by atoms with Gasteiger partial charge in [0, 0.05) is 6.07 Å². The molecule has 1 unspecified atom stereocenters. The summed E-state index contributed by atoms with van der Waals surface area (Å²) in [4.78, 5) is 0. The number of aliphatic hydroxyl groups is 1. The maximum Gasteiger partial charge on any atom is 0.193 e. The quantitative estimate of drug-likeness (QED) is 0.750. The van der Waals surface area contributed by atoms with Gasteiger partial charge in [0.2, 0.25) is 0 Å². The number of anilines is 1. The van der Waals surface area contributed by atoms with Gasteiger partial charge in [-0.15, -0.1) is 0 Å². The molecule has 0 bridgehead atoms. The summed E-state index contributed by atoms with van der Waals surface area (Å²) in [5.41, 5.74) is 0. The van der Waals surface area contributed by atoms with Gasteiger partial charge in [-0.1, -0.05) is 13.8 Å². The molecule has 13 heavy (non-hydrogen) atoms. The highest BCUT2D eigenvalue weighted by Crippen LogP contribution is 2.15. The minimum atomic E-state index is 0.0607. The largest absolute Gasteiger partial charge is 0.446 e. The Hall–Kier alpha value is -0.960. The van der Waals surface area contributed by atoms with Gasteiger partial charge in [0.1, 0.15) is 5.76 Å². The Morgan fingerprint density at radius 3 is 2.54 bits per heavy atom. The number of hydrogen-bond donors (Lipinski definition) is 2. The minimum Gasteiger partial charge on any atom is -0.446 e. The Kier molecular flexibility index (Phi) is 3.37. The van der Waals surface area contributed by atoms with Crippen molar-refractivity contribution in [2.45, 2.75) is 26.8 Å². The van der Waals surface area contributed by atoms with Crippen molar-refractivity contribution in [2.75, 3.05) is 11.9 Å². The molecule has 74 valence electrons. The van der Waals surface area contributed by atoms with Crippen LogP contribution in [-0.2, 0) is 0 Å². The number of aryl methyl sites for hydroxylation is 1. The van der Waals surface area contributed by atoms with Gasteiger partial charge in [-0.25, -0.2) is 0 Å². The summed E-state index contributed by atoms with van der Waals surface area (Å²) >= 11 is 0. The molecule has 0 radical (unpaired) electrons. The third-order valence-corrected chi connectivity index (χ3v) is 2.07. The fraction of sp³-hybridized carbons (Fsp3) is 0.600. The van der Waals surface area contributed by atoms with Gasteiger partial charge in [-0.05, 0) is 18.9 Å². The van der Waals surface area contributed by atoms with Crippen LogP contribution in [0.25, 0.3) is 0 Å². The van der Waals surface area contributed by atoms with E-state index in [0.717, 1.165) is 11.6 Å². The third kappa shape index (κ3) is 2.77. The van der Waals surface area contributed by atoms with Crippen LogP contribution in [0.15, 0.2) is 16.5 Å². The number of hydrogen-bond acceptors (Lipinski definition) is 3. The molecule has 0 fully saturated rings. The van der Waals surface area contributed by atoms with Crippen LogP contribution in [0.1, 0.15) is 19.6 Å². The Morgan fingerprint density at radius 2 is 2.15 bits per heavy atom. The molecule has 3 heteroatoms. The predicted octanol–water partition coefficient (Wildman–Crippen LogP) is 2.02. The van der Waals surface area contributed by atoms with Crippen molar-refractivity contribution in [2.24, 2.45) is 5.92 Å². The molecular weight excluding hydrogens is 166 g/mol. The summed E-state index contributed by atoms with van der Waals surface area (Å²) in [5.74, 6) is 1.99. The van der Waals surface area contributed by atoms with E-state index in [1.165, 1.54) is 0 Å². The summed E-state index contributed by atoms with van der Waals surface area (Å²) in [6.45, 7) is 6.14. The van der Waals surface area contributed by atoms with Gasteiger partial charge in [-0.3, -0.25) is 0 Å². The van der Waals surface area contributed by atoms with Gasteiger partial charge in [0.25, 0.3) is 0 Å². The first-order valence-corrected chi connectivity index (χ1v) is 4.57. The molecule has 0 aliphatic rings. The van der Waals surface area contributed by atoms with Crippen molar-refractivity contribution in [1.82, 2.24) is 0 Å². The normalized spacial score (nSPS) is 13.3. The zero-order valence-electron chi connectivity index (χ0n) is 8.37. The molecule has 1 heterocycles. The maximum atomic E-state index is 9.06. The van der Waals surface area contributed by atoms with Crippen LogP contribution in [-0.4, -0.2) is 17.8 Å². The molecule has 1 rings (SSSR count). The van der Waals surface area contributed by atoms with Crippen molar-refractivity contribution in [1.29, 1.82) is 0 Å². The summed E-state index contributed by atoms with van der Waals surface area (Å²) in [7, 11) is 0. The van der Waals surface area contributed by atoms with E-state index in [9.17, 15) is 0 Å². The van der Waals surface area contributed by atoms with Gasteiger partial charge in [0.15, 0.2) is 5.88 Å². The summed E-state index contributed by atoms with van der Waals surface area (Å²) in [5, 5.41) is 12.2. The molecule has 2 N–H and O–H groups in total. The zero-order chi connectivity index (χ0) is 9.84. The van der Waals surface area contributed by atoms with Crippen LogP contribution in [0, 0.1) is 12.8 Å². The highest BCUT2D eigenvalue weighted by atomic mass is 16.4. The second-order valence-corrected chi connectivity index (χ2v) is 3.59. The van der Waals surface area contributed by atoms with E-state index in [1.54, 1.807) is 0 Å². The van der Waals surface area contributed by atoms with E-state index in [-0.39, 0.29) is 12.6 Å².